The molecule has 1 saturated carbocycles. The van der Waals surface area contributed by atoms with Crippen LogP contribution in [0.4, 0.5) is 0 Å². The molecule has 19 heavy (non-hydrogen) atoms. The average Bonchev–Trinajstić information content (AvgIpc) is 3.14. The molecule has 2 amide bonds. The van der Waals surface area contributed by atoms with Crippen molar-refractivity contribution in [3.05, 3.63) is 33.8 Å². The minimum atomic E-state index is -0.443. The molecule has 1 heterocycles. The molecule has 0 radical (unpaired) electrons. The van der Waals surface area contributed by atoms with Crippen molar-refractivity contribution in [2.75, 3.05) is 0 Å². The molecule has 0 bridgehead atoms. The van der Waals surface area contributed by atoms with Gasteiger partial charge in [-0.1, -0.05) is 28.1 Å². The fraction of sp³-hybridized carbons (Fsp3) is 0.308. The number of thiocarbonyl (C=S) groups is 1. The van der Waals surface area contributed by atoms with Crippen LogP contribution in [0.15, 0.2) is 22.7 Å². The fourth-order valence-corrected chi connectivity index (χ4v) is 3.13. The number of hydrogen-bond donors (Lipinski definition) is 1. The zero-order chi connectivity index (χ0) is 13.7. The maximum atomic E-state index is 12.4. The first-order chi connectivity index (χ1) is 9.00. The van der Waals surface area contributed by atoms with Crippen LogP contribution < -0.4 is 5.73 Å². The first kappa shape index (κ1) is 12.7. The number of carbonyl (C=O) groups excluding carboxylic acids is 2. The summed E-state index contributed by atoms with van der Waals surface area (Å²) in [4.78, 5) is 26.2. The average molecular weight is 339 g/mol. The molecule has 2 aliphatic rings. The van der Waals surface area contributed by atoms with E-state index in [2.05, 4.69) is 15.9 Å². The molecule has 0 aromatic heterocycles. The minimum absolute atomic E-state index is 0.219. The van der Waals surface area contributed by atoms with E-state index in [0.29, 0.717) is 11.1 Å². The summed E-state index contributed by atoms with van der Waals surface area (Å²) >= 11 is 8.34. The molecule has 3 rings (SSSR count). The number of nitrogens with zero attached hydrogens (tertiary/aromatic N) is 1. The number of halogens is 1. The molecule has 0 spiro atoms. The molecule has 1 aromatic rings. The molecule has 2 N–H and O–H groups in total. The van der Waals surface area contributed by atoms with E-state index in [9.17, 15) is 9.59 Å². The first-order valence-electron chi connectivity index (χ1n) is 5.97. The first-order valence-corrected chi connectivity index (χ1v) is 7.17. The molecule has 1 unspecified atom stereocenters. The van der Waals surface area contributed by atoms with Gasteiger partial charge in [0.15, 0.2) is 0 Å². The molecule has 1 fully saturated rings. The highest BCUT2D eigenvalue weighted by Gasteiger charge is 2.47. The van der Waals surface area contributed by atoms with E-state index in [1.165, 1.54) is 4.90 Å². The van der Waals surface area contributed by atoms with E-state index in [0.717, 1.165) is 17.3 Å². The number of benzene rings is 1. The molecule has 1 atom stereocenters. The highest BCUT2D eigenvalue weighted by Crippen LogP contribution is 2.39. The Morgan fingerprint density at radius 2 is 1.95 bits per heavy atom. The van der Waals surface area contributed by atoms with Crippen LogP contribution in [0.2, 0.25) is 0 Å². The number of amides is 2. The van der Waals surface area contributed by atoms with Crippen molar-refractivity contribution in [3.63, 3.8) is 0 Å². The van der Waals surface area contributed by atoms with Crippen LogP contribution in [0.1, 0.15) is 33.6 Å². The molecule has 1 aliphatic heterocycles. The van der Waals surface area contributed by atoms with Crippen LogP contribution in [0.25, 0.3) is 0 Å². The number of hydrogen-bond acceptors (Lipinski definition) is 3. The highest BCUT2D eigenvalue weighted by atomic mass is 79.9. The van der Waals surface area contributed by atoms with Crippen molar-refractivity contribution in [2.45, 2.75) is 18.9 Å². The van der Waals surface area contributed by atoms with E-state index in [-0.39, 0.29) is 22.7 Å². The van der Waals surface area contributed by atoms with Gasteiger partial charge >= 0.3 is 0 Å². The topological polar surface area (TPSA) is 63.4 Å². The Balaban J connectivity index is 2.04. The normalized spacial score (nSPS) is 19.5. The Morgan fingerprint density at radius 1 is 1.32 bits per heavy atom. The van der Waals surface area contributed by atoms with Gasteiger partial charge in [-0.05, 0) is 37.0 Å². The van der Waals surface area contributed by atoms with Crippen molar-refractivity contribution in [2.24, 2.45) is 11.7 Å². The number of imide groups is 1. The molecule has 4 nitrogen and oxygen atoms in total. The van der Waals surface area contributed by atoms with Gasteiger partial charge in [-0.15, -0.1) is 0 Å². The van der Waals surface area contributed by atoms with E-state index in [1.54, 1.807) is 18.2 Å². The lowest BCUT2D eigenvalue weighted by molar-refractivity contribution is 0.0613. The lowest BCUT2D eigenvalue weighted by atomic mass is 10.1. The van der Waals surface area contributed by atoms with Gasteiger partial charge in [-0.2, -0.15) is 0 Å². The standard InChI is InChI=1S/C13H11BrN2O2S/c14-7-3-4-8-9(5-7)13(18)16(12(8)17)10(11(15)19)6-1-2-6/h3-6,10H,1-2H2,(H2,15,19). The summed E-state index contributed by atoms with van der Waals surface area (Å²) in [5.41, 5.74) is 6.57. The maximum Gasteiger partial charge on any atom is 0.262 e. The van der Waals surface area contributed by atoms with Gasteiger partial charge < -0.3 is 5.73 Å². The SMILES string of the molecule is NC(=S)C(C1CC1)N1C(=O)c2ccc(Br)cc2C1=O. The largest absolute Gasteiger partial charge is 0.392 e. The van der Waals surface area contributed by atoms with Gasteiger partial charge in [0.25, 0.3) is 11.8 Å². The van der Waals surface area contributed by atoms with Crippen LogP contribution in [-0.4, -0.2) is 27.7 Å². The van der Waals surface area contributed by atoms with Gasteiger partial charge in [-0.25, -0.2) is 0 Å². The van der Waals surface area contributed by atoms with E-state index < -0.39 is 6.04 Å². The van der Waals surface area contributed by atoms with Crippen molar-refractivity contribution >= 4 is 45.0 Å². The summed E-state index contributed by atoms with van der Waals surface area (Å²) < 4.78 is 0.771. The Labute approximate surface area is 124 Å². The number of rotatable bonds is 3. The van der Waals surface area contributed by atoms with Gasteiger partial charge in [0.2, 0.25) is 0 Å². The summed E-state index contributed by atoms with van der Waals surface area (Å²) in [5, 5.41) is 0. The predicted molar refractivity (Wildman–Crippen MR) is 77.9 cm³/mol. The van der Waals surface area contributed by atoms with Crippen LogP contribution in [0.5, 0.6) is 0 Å². The lowest BCUT2D eigenvalue weighted by Crippen LogP contribution is -2.48. The van der Waals surface area contributed by atoms with Crippen molar-refractivity contribution < 1.29 is 9.59 Å². The molecule has 0 saturated heterocycles. The second-order valence-corrected chi connectivity index (χ2v) is 6.24. The second-order valence-electron chi connectivity index (χ2n) is 4.85. The Morgan fingerprint density at radius 3 is 2.53 bits per heavy atom. The molecule has 6 heteroatoms. The number of carbonyl (C=O) groups is 2. The van der Waals surface area contributed by atoms with E-state index >= 15 is 0 Å². The monoisotopic (exact) mass is 338 g/mol. The summed E-state index contributed by atoms with van der Waals surface area (Å²) in [6.07, 6.45) is 1.91. The fourth-order valence-electron chi connectivity index (χ4n) is 2.47. The number of fused-ring (bicyclic) bond motifs is 1. The third-order valence-corrected chi connectivity index (χ3v) is 4.25. The van der Waals surface area contributed by atoms with Crippen molar-refractivity contribution in [1.29, 1.82) is 0 Å². The molecular formula is C13H11BrN2O2S. The van der Waals surface area contributed by atoms with Crippen molar-refractivity contribution in [3.8, 4) is 0 Å². The van der Waals surface area contributed by atoms with Crippen LogP contribution in [-0.2, 0) is 0 Å². The minimum Gasteiger partial charge on any atom is -0.392 e. The van der Waals surface area contributed by atoms with Gasteiger partial charge in [-0.3, -0.25) is 14.5 Å². The maximum absolute atomic E-state index is 12.4. The lowest BCUT2D eigenvalue weighted by Gasteiger charge is -2.24. The quantitative estimate of drug-likeness (QED) is 0.677. The Bertz CT molecular complexity index is 613. The Hall–Kier alpha value is -1.27. The molecule has 98 valence electrons. The smallest absolute Gasteiger partial charge is 0.262 e. The third-order valence-electron chi connectivity index (χ3n) is 3.52. The van der Waals surface area contributed by atoms with Gasteiger partial charge in [0.05, 0.1) is 22.2 Å². The second kappa shape index (κ2) is 4.38. The van der Waals surface area contributed by atoms with Crippen LogP contribution in [0, 0.1) is 5.92 Å². The number of nitrogens with two attached hydrogens (primary N) is 1. The molecular weight excluding hydrogens is 328 g/mol. The Kier molecular flexibility index (Phi) is 2.94. The van der Waals surface area contributed by atoms with E-state index in [4.69, 9.17) is 18.0 Å². The predicted octanol–water partition coefficient (Wildman–Crippen LogP) is 2.11. The van der Waals surface area contributed by atoms with Gasteiger partial charge in [0, 0.05) is 4.47 Å². The summed E-state index contributed by atoms with van der Waals surface area (Å²) in [7, 11) is 0. The van der Waals surface area contributed by atoms with Crippen LogP contribution >= 0.6 is 28.1 Å². The van der Waals surface area contributed by atoms with Gasteiger partial charge in [0.1, 0.15) is 0 Å². The third kappa shape index (κ3) is 1.99. The molecule has 1 aromatic carbocycles. The zero-order valence-electron chi connectivity index (χ0n) is 9.93. The zero-order valence-corrected chi connectivity index (χ0v) is 12.3. The summed E-state index contributed by atoms with van der Waals surface area (Å²) in [5.74, 6) is -0.369. The van der Waals surface area contributed by atoms with E-state index in [1.807, 2.05) is 0 Å². The summed E-state index contributed by atoms with van der Waals surface area (Å²) in [6, 6.07) is 4.63. The molecule has 1 aliphatic carbocycles. The highest BCUT2D eigenvalue weighted by molar-refractivity contribution is 9.10. The van der Waals surface area contributed by atoms with Crippen molar-refractivity contribution in [1.82, 2.24) is 4.90 Å². The summed E-state index contributed by atoms with van der Waals surface area (Å²) in [6.45, 7) is 0. The van der Waals surface area contributed by atoms with Crippen LogP contribution in [0.3, 0.4) is 0 Å².